The Labute approximate surface area is 112 Å². The number of aryl methyl sites for hydroxylation is 1. The van der Waals surface area contributed by atoms with Crippen LogP contribution >= 0.6 is 0 Å². The van der Waals surface area contributed by atoms with E-state index in [1.165, 1.54) is 13.1 Å². The summed E-state index contributed by atoms with van der Waals surface area (Å²) in [5, 5.41) is -0.0633. The highest BCUT2D eigenvalue weighted by Crippen LogP contribution is 2.25. The van der Waals surface area contributed by atoms with Crippen molar-refractivity contribution < 1.29 is 18.3 Å². The molecule has 0 amide bonds. The Bertz CT molecular complexity index is 778. The van der Waals surface area contributed by atoms with E-state index in [2.05, 4.69) is 4.98 Å². The smallest absolute Gasteiger partial charge is 0.343 e. The quantitative estimate of drug-likeness (QED) is 0.859. The lowest BCUT2D eigenvalue weighted by molar-refractivity contribution is 0.0470. The van der Waals surface area contributed by atoms with Crippen LogP contribution in [0.1, 0.15) is 28.8 Å². The molecule has 1 N–H and O–H groups in total. The van der Waals surface area contributed by atoms with E-state index in [-0.39, 0.29) is 28.1 Å². The van der Waals surface area contributed by atoms with Crippen LogP contribution in [0.15, 0.2) is 17.1 Å². The van der Waals surface area contributed by atoms with Crippen LogP contribution in [-0.4, -0.2) is 17.1 Å². The molecule has 0 aliphatic heterocycles. The van der Waals surface area contributed by atoms with Gasteiger partial charge in [-0.1, -0.05) is 0 Å². The standard InChI is InChI=1S/C14H11F2NO3/c1-6-11(16)10(15)4-8-12(6)17-5-9(13(8)18)14(19)20-7-2-3-7/h4-5,7H,2-3H2,1H3,(H,17,18). The summed E-state index contributed by atoms with van der Waals surface area (Å²) in [7, 11) is 0. The minimum atomic E-state index is -1.12. The molecule has 1 aromatic carbocycles. The van der Waals surface area contributed by atoms with Gasteiger partial charge in [-0.05, 0) is 25.8 Å². The number of carbonyl (C=O) groups is 1. The summed E-state index contributed by atoms with van der Waals surface area (Å²) in [6.07, 6.45) is 2.62. The first-order valence-electron chi connectivity index (χ1n) is 6.20. The maximum absolute atomic E-state index is 13.4. The molecule has 0 atom stereocenters. The minimum absolute atomic E-state index is 0.000731. The van der Waals surface area contributed by atoms with Gasteiger partial charge in [0.2, 0.25) is 5.43 Å². The van der Waals surface area contributed by atoms with Crippen LogP contribution in [0.3, 0.4) is 0 Å². The van der Waals surface area contributed by atoms with Gasteiger partial charge in [-0.3, -0.25) is 4.79 Å². The summed E-state index contributed by atoms with van der Waals surface area (Å²) >= 11 is 0. The van der Waals surface area contributed by atoms with Crippen molar-refractivity contribution in [2.75, 3.05) is 0 Å². The number of esters is 1. The van der Waals surface area contributed by atoms with Gasteiger partial charge in [0.05, 0.1) is 5.52 Å². The van der Waals surface area contributed by atoms with Crippen LogP contribution in [-0.2, 0) is 4.74 Å². The van der Waals surface area contributed by atoms with Gasteiger partial charge in [-0.25, -0.2) is 13.6 Å². The van der Waals surface area contributed by atoms with E-state index in [1.807, 2.05) is 0 Å². The van der Waals surface area contributed by atoms with Crippen molar-refractivity contribution in [1.29, 1.82) is 0 Å². The van der Waals surface area contributed by atoms with E-state index in [0.29, 0.717) is 0 Å². The lowest BCUT2D eigenvalue weighted by atomic mass is 10.1. The zero-order valence-electron chi connectivity index (χ0n) is 10.6. The van der Waals surface area contributed by atoms with Crippen LogP contribution < -0.4 is 5.43 Å². The van der Waals surface area contributed by atoms with Crippen molar-refractivity contribution >= 4 is 16.9 Å². The summed E-state index contributed by atoms with van der Waals surface area (Å²) in [6, 6.07) is 0.796. The van der Waals surface area contributed by atoms with Gasteiger partial charge in [0.25, 0.3) is 0 Å². The molecule has 0 radical (unpaired) electrons. The fraction of sp³-hybridized carbons (Fsp3) is 0.286. The monoisotopic (exact) mass is 279 g/mol. The normalized spacial score (nSPS) is 14.6. The molecular weight excluding hydrogens is 268 g/mol. The highest BCUT2D eigenvalue weighted by Gasteiger charge is 2.28. The second-order valence-corrected chi connectivity index (χ2v) is 4.86. The molecule has 1 aliphatic rings. The summed E-state index contributed by atoms with van der Waals surface area (Å²) in [5.74, 6) is -2.87. The zero-order chi connectivity index (χ0) is 14.4. The van der Waals surface area contributed by atoms with Gasteiger partial charge in [-0.2, -0.15) is 0 Å². The molecule has 1 aromatic heterocycles. The molecule has 2 aromatic rings. The lowest BCUT2D eigenvalue weighted by Gasteiger charge is -2.07. The summed E-state index contributed by atoms with van der Waals surface area (Å²) < 4.78 is 31.9. The third-order valence-corrected chi connectivity index (χ3v) is 3.32. The zero-order valence-corrected chi connectivity index (χ0v) is 10.6. The molecule has 3 rings (SSSR count). The number of fused-ring (bicyclic) bond motifs is 1. The Morgan fingerprint density at radius 2 is 2.10 bits per heavy atom. The molecule has 0 saturated heterocycles. The molecule has 1 fully saturated rings. The highest BCUT2D eigenvalue weighted by atomic mass is 19.2. The van der Waals surface area contributed by atoms with Crippen molar-refractivity contribution in [3.05, 3.63) is 45.2 Å². The molecular formula is C14H11F2NO3. The minimum Gasteiger partial charge on any atom is -0.459 e. The predicted octanol–water partition coefficient (Wildman–Crippen LogP) is 2.43. The molecule has 4 nitrogen and oxygen atoms in total. The molecule has 1 aliphatic carbocycles. The van der Waals surface area contributed by atoms with Crippen molar-refractivity contribution in [2.45, 2.75) is 25.9 Å². The topological polar surface area (TPSA) is 59.2 Å². The molecule has 0 unspecified atom stereocenters. The van der Waals surface area contributed by atoms with Gasteiger partial charge in [0.15, 0.2) is 11.6 Å². The number of pyridine rings is 1. The number of carbonyl (C=O) groups excluding carboxylic acids is 1. The number of benzene rings is 1. The van der Waals surface area contributed by atoms with Crippen LogP contribution in [0.5, 0.6) is 0 Å². The Kier molecular flexibility index (Phi) is 2.81. The summed E-state index contributed by atoms with van der Waals surface area (Å²) in [6.45, 7) is 1.36. The fourth-order valence-corrected chi connectivity index (χ4v) is 2.03. The summed E-state index contributed by atoms with van der Waals surface area (Å²) in [5.41, 5.74) is -0.683. The number of ether oxygens (including phenoxy) is 1. The SMILES string of the molecule is Cc1c(F)c(F)cc2c(=O)c(C(=O)OC3CC3)c[nH]c12. The largest absolute Gasteiger partial charge is 0.459 e. The molecule has 1 saturated carbocycles. The maximum Gasteiger partial charge on any atom is 0.343 e. The molecule has 20 heavy (non-hydrogen) atoms. The van der Waals surface area contributed by atoms with E-state index >= 15 is 0 Å². The summed E-state index contributed by atoms with van der Waals surface area (Å²) in [4.78, 5) is 26.6. The first kappa shape index (κ1) is 12.8. The van der Waals surface area contributed by atoms with E-state index in [9.17, 15) is 18.4 Å². The Hall–Kier alpha value is -2.24. The number of hydrogen-bond acceptors (Lipinski definition) is 3. The van der Waals surface area contributed by atoms with Crippen molar-refractivity contribution in [3.63, 3.8) is 0 Å². The number of H-pyrrole nitrogens is 1. The molecule has 6 heteroatoms. The highest BCUT2D eigenvalue weighted by molar-refractivity contribution is 5.94. The van der Waals surface area contributed by atoms with Gasteiger partial charge in [-0.15, -0.1) is 0 Å². The van der Waals surface area contributed by atoms with E-state index < -0.39 is 23.0 Å². The van der Waals surface area contributed by atoms with Crippen LogP contribution in [0, 0.1) is 18.6 Å². The molecule has 0 bridgehead atoms. The van der Waals surface area contributed by atoms with Gasteiger partial charge in [0.1, 0.15) is 11.7 Å². The third-order valence-electron chi connectivity index (χ3n) is 3.32. The number of aromatic nitrogens is 1. The Morgan fingerprint density at radius 1 is 1.40 bits per heavy atom. The first-order valence-corrected chi connectivity index (χ1v) is 6.20. The fourth-order valence-electron chi connectivity index (χ4n) is 2.03. The third kappa shape index (κ3) is 1.97. The maximum atomic E-state index is 13.4. The van der Waals surface area contributed by atoms with Crippen molar-refractivity contribution in [2.24, 2.45) is 0 Å². The first-order chi connectivity index (χ1) is 9.49. The molecule has 0 spiro atoms. The van der Waals surface area contributed by atoms with Gasteiger partial charge < -0.3 is 9.72 Å². The van der Waals surface area contributed by atoms with E-state index in [0.717, 1.165) is 18.9 Å². The van der Waals surface area contributed by atoms with E-state index in [1.54, 1.807) is 0 Å². The van der Waals surface area contributed by atoms with Gasteiger partial charge >= 0.3 is 5.97 Å². The predicted molar refractivity (Wildman–Crippen MR) is 67.7 cm³/mol. The average Bonchev–Trinajstić information content (AvgIpc) is 3.21. The Morgan fingerprint density at radius 3 is 2.75 bits per heavy atom. The van der Waals surface area contributed by atoms with Crippen LogP contribution in [0.2, 0.25) is 0 Å². The van der Waals surface area contributed by atoms with Crippen LogP contribution in [0.25, 0.3) is 10.9 Å². The van der Waals surface area contributed by atoms with Crippen LogP contribution in [0.4, 0.5) is 8.78 Å². The van der Waals surface area contributed by atoms with E-state index in [4.69, 9.17) is 4.74 Å². The number of halogens is 2. The second kappa shape index (κ2) is 4.40. The number of nitrogens with one attached hydrogen (secondary N) is 1. The van der Waals surface area contributed by atoms with Gasteiger partial charge in [0, 0.05) is 17.1 Å². The van der Waals surface area contributed by atoms with Crippen molar-refractivity contribution in [3.8, 4) is 0 Å². The molecule has 1 heterocycles. The molecule has 104 valence electrons. The number of aromatic amines is 1. The second-order valence-electron chi connectivity index (χ2n) is 4.86. The number of hydrogen-bond donors (Lipinski definition) is 1. The van der Waals surface area contributed by atoms with Crippen molar-refractivity contribution in [1.82, 2.24) is 4.98 Å². The lowest BCUT2D eigenvalue weighted by Crippen LogP contribution is -2.19. The Balaban J connectivity index is 2.17. The number of rotatable bonds is 2. The average molecular weight is 279 g/mol.